The third-order valence-corrected chi connectivity index (χ3v) is 16.3. The van der Waals surface area contributed by atoms with Gasteiger partial charge in [0.25, 0.3) is 0 Å². The Hall–Kier alpha value is -2.60. The van der Waals surface area contributed by atoms with Gasteiger partial charge in [-0.25, -0.2) is 36.0 Å². The fraction of sp³-hybridized carbons (Fsp3) is 0.733. The third-order valence-electron chi connectivity index (χ3n) is 13.7. The fourth-order valence-electron chi connectivity index (χ4n) is 8.77. The van der Waals surface area contributed by atoms with Crippen LogP contribution in [0.3, 0.4) is 0 Å². The van der Waals surface area contributed by atoms with Gasteiger partial charge in [0.1, 0.15) is 33.5 Å². The first-order valence-corrected chi connectivity index (χ1v) is 32.3. The Balaban J connectivity index is 0.00000148. The molecule has 0 aliphatic heterocycles. The van der Waals surface area contributed by atoms with Crippen LogP contribution >= 0.6 is 0 Å². The summed E-state index contributed by atoms with van der Waals surface area (Å²) < 4.78 is 87.9. The van der Waals surface area contributed by atoms with E-state index >= 15 is 0 Å². The quantitative estimate of drug-likeness (QED) is 0.0198. The SMILES string of the molecule is CCCCCCCCCCCCCCCCCCOC(=O)c1ccccc1C(=O)OCC(CC)S(=O)(=O)[O-].CCCCCCCCCCCCCCCCCCOC(=O)c1ccccc1C(=O)OCC(CC)S(=O)(=O)[O-].[Ca+2]. The molecule has 0 aromatic heterocycles. The molecule has 14 nitrogen and oxygen atoms in total. The first-order valence-electron chi connectivity index (χ1n) is 29.4. The Morgan fingerprint density at radius 1 is 0.351 bits per heavy atom. The molecular weight excluding hydrogens is 1050 g/mol. The van der Waals surface area contributed by atoms with Crippen LogP contribution in [0.25, 0.3) is 0 Å². The van der Waals surface area contributed by atoms with E-state index < -0.39 is 67.8 Å². The Labute approximate surface area is 495 Å². The number of hydrogen-bond donors (Lipinski definition) is 0. The molecule has 0 saturated carbocycles. The Morgan fingerprint density at radius 3 is 0.740 bits per heavy atom. The van der Waals surface area contributed by atoms with Crippen LogP contribution in [0.2, 0.25) is 0 Å². The molecular formula is C60H98CaO14S2. The molecule has 0 spiro atoms. The maximum atomic E-state index is 12.5. The van der Waals surface area contributed by atoms with Gasteiger partial charge in [-0.1, -0.05) is 245 Å². The average Bonchev–Trinajstić information content (AvgIpc) is 3.39. The second kappa shape index (κ2) is 48.1. The molecule has 2 atom stereocenters. The summed E-state index contributed by atoms with van der Waals surface area (Å²) in [4.78, 5) is 49.9. The maximum Gasteiger partial charge on any atom is 2.00 e. The second-order valence-electron chi connectivity index (χ2n) is 20.2. The van der Waals surface area contributed by atoms with Gasteiger partial charge >= 0.3 is 61.6 Å². The zero-order chi connectivity index (χ0) is 56.1. The molecule has 2 rings (SSSR count). The van der Waals surface area contributed by atoms with Crippen molar-refractivity contribution in [1.29, 1.82) is 0 Å². The van der Waals surface area contributed by atoms with Gasteiger partial charge < -0.3 is 28.1 Å². The van der Waals surface area contributed by atoms with Crippen LogP contribution in [0.4, 0.5) is 0 Å². The van der Waals surface area contributed by atoms with Crippen LogP contribution in [0, 0.1) is 0 Å². The van der Waals surface area contributed by atoms with Crippen LogP contribution in [0.5, 0.6) is 0 Å². The summed E-state index contributed by atoms with van der Waals surface area (Å²) in [6, 6.07) is 12.1. The first-order chi connectivity index (χ1) is 36.6. The summed E-state index contributed by atoms with van der Waals surface area (Å²) in [5.41, 5.74) is 0.101. The molecule has 2 unspecified atom stereocenters. The molecule has 0 bridgehead atoms. The standard InChI is InChI=1S/2C30H50O7S.Ca/c2*1-3-5-6-7-8-9-10-11-12-13-14-15-16-17-18-21-24-36-29(31)27-22-19-20-23-28(27)30(32)37-25-26(4-2)38(33,34)35;/h2*19-20,22-23,26H,3-18,21,24-25H2,1-2H3,(H,33,34,35);/q;;+2/p-2. The van der Waals surface area contributed by atoms with Crippen LogP contribution in [-0.2, 0) is 39.2 Å². The topological polar surface area (TPSA) is 220 Å². The molecule has 77 heavy (non-hydrogen) atoms. The molecule has 0 radical (unpaired) electrons. The van der Waals surface area contributed by atoms with Crippen LogP contribution in [-0.4, -0.2) is 124 Å². The molecule has 0 aliphatic rings. The van der Waals surface area contributed by atoms with Crippen molar-refractivity contribution in [2.75, 3.05) is 26.4 Å². The van der Waals surface area contributed by atoms with Gasteiger partial charge in [-0.05, 0) is 49.9 Å². The van der Waals surface area contributed by atoms with Gasteiger partial charge in [0.2, 0.25) is 0 Å². The van der Waals surface area contributed by atoms with Crippen LogP contribution in [0.1, 0.15) is 287 Å². The molecule has 0 aliphatic carbocycles. The number of ether oxygens (including phenoxy) is 4. The molecule has 0 saturated heterocycles. The van der Waals surface area contributed by atoms with E-state index in [1.807, 2.05) is 0 Å². The summed E-state index contributed by atoms with van der Waals surface area (Å²) in [6.45, 7) is 7.00. The summed E-state index contributed by atoms with van der Waals surface area (Å²) in [5, 5.41) is -2.64. The number of carbonyl (C=O) groups excluding carboxylic acids is 4. The van der Waals surface area contributed by atoms with E-state index in [0.717, 1.165) is 38.5 Å². The molecule has 17 heteroatoms. The molecule has 2 aromatic rings. The van der Waals surface area contributed by atoms with Crippen molar-refractivity contribution >= 4 is 81.9 Å². The minimum absolute atomic E-state index is 0. The summed E-state index contributed by atoms with van der Waals surface area (Å²) in [5.74, 6) is -2.96. The fourth-order valence-corrected chi connectivity index (χ4v) is 10.1. The van der Waals surface area contributed by atoms with Crippen molar-refractivity contribution in [1.82, 2.24) is 0 Å². The normalized spacial score (nSPS) is 12.1. The van der Waals surface area contributed by atoms with Crippen molar-refractivity contribution in [2.24, 2.45) is 0 Å². The van der Waals surface area contributed by atoms with Gasteiger partial charge in [0.15, 0.2) is 0 Å². The number of esters is 4. The van der Waals surface area contributed by atoms with E-state index in [-0.39, 0.29) is 86.0 Å². The van der Waals surface area contributed by atoms with Crippen molar-refractivity contribution in [3.05, 3.63) is 70.8 Å². The van der Waals surface area contributed by atoms with Crippen molar-refractivity contribution in [3.63, 3.8) is 0 Å². The number of unbranched alkanes of at least 4 members (excludes halogenated alkanes) is 30. The van der Waals surface area contributed by atoms with Gasteiger partial charge in [0, 0.05) is 0 Å². The molecule has 0 N–H and O–H groups in total. The molecule has 2 aromatic carbocycles. The summed E-state index contributed by atoms with van der Waals surface area (Å²) in [6.07, 6.45) is 40.6. The van der Waals surface area contributed by atoms with Crippen LogP contribution in [0.15, 0.2) is 48.5 Å². The number of rotatable bonds is 46. The first kappa shape index (κ1) is 74.4. The van der Waals surface area contributed by atoms with Gasteiger partial charge in [0.05, 0.1) is 46.0 Å². The van der Waals surface area contributed by atoms with Crippen LogP contribution < -0.4 is 0 Å². The third kappa shape index (κ3) is 37.9. The van der Waals surface area contributed by atoms with E-state index in [2.05, 4.69) is 13.8 Å². The Kier molecular flexibility index (Phi) is 46.5. The van der Waals surface area contributed by atoms with Crippen molar-refractivity contribution < 1.29 is 64.1 Å². The van der Waals surface area contributed by atoms with E-state index in [1.165, 1.54) is 205 Å². The van der Waals surface area contributed by atoms with Gasteiger partial charge in [-0.2, -0.15) is 0 Å². The number of benzene rings is 2. The van der Waals surface area contributed by atoms with E-state index in [9.17, 15) is 45.1 Å². The summed E-state index contributed by atoms with van der Waals surface area (Å²) in [7, 11) is -9.15. The zero-order valence-corrected chi connectivity index (χ0v) is 51.7. The maximum absolute atomic E-state index is 12.5. The number of hydrogen-bond acceptors (Lipinski definition) is 14. The van der Waals surface area contributed by atoms with E-state index in [0.29, 0.717) is 0 Å². The Bertz CT molecular complexity index is 1920. The molecule has 0 heterocycles. The summed E-state index contributed by atoms with van der Waals surface area (Å²) >= 11 is 0. The Morgan fingerprint density at radius 2 is 0.545 bits per heavy atom. The van der Waals surface area contributed by atoms with Crippen molar-refractivity contribution in [2.45, 2.75) is 257 Å². The predicted molar refractivity (Wildman–Crippen MR) is 306 cm³/mol. The minimum atomic E-state index is -4.57. The molecule has 0 amide bonds. The average molecular weight is 1150 g/mol. The van der Waals surface area contributed by atoms with E-state index in [4.69, 9.17) is 18.9 Å². The van der Waals surface area contributed by atoms with Gasteiger partial charge in [-0.3, -0.25) is 0 Å². The largest absolute Gasteiger partial charge is 2.00 e. The van der Waals surface area contributed by atoms with Crippen molar-refractivity contribution in [3.8, 4) is 0 Å². The molecule has 0 fully saturated rings. The second-order valence-corrected chi connectivity index (χ2v) is 23.5. The van der Waals surface area contributed by atoms with E-state index in [1.54, 1.807) is 24.3 Å². The predicted octanol–water partition coefficient (Wildman–Crippen LogP) is 14.8. The zero-order valence-electron chi connectivity index (χ0n) is 47.9. The van der Waals surface area contributed by atoms with Gasteiger partial charge in [-0.15, -0.1) is 0 Å². The smallest absolute Gasteiger partial charge is 0.748 e. The minimum Gasteiger partial charge on any atom is -0.748 e. The number of carbonyl (C=O) groups is 4. The molecule has 436 valence electrons. The monoisotopic (exact) mass is 1150 g/mol.